The maximum Gasteiger partial charge on any atom is 0.308 e. The smallest absolute Gasteiger partial charge is 0.308 e. The van der Waals surface area contributed by atoms with Gasteiger partial charge in [0.2, 0.25) is 5.91 Å². The van der Waals surface area contributed by atoms with Crippen molar-refractivity contribution >= 4 is 11.9 Å². The van der Waals surface area contributed by atoms with Gasteiger partial charge in [0, 0.05) is 7.11 Å². The van der Waals surface area contributed by atoms with Crippen molar-refractivity contribution in [3.63, 3.8) is 0 Å². The Labute approximate surface area is 118 Å². The van der Waals surface area contributed by atoms with E-state index in [2.05, 4.69) is 5.32 Å². The summed E-state index contributed by atoms with van der Waals surface area (Å²) in [7, 11) is 1.46. The fraction of sp³-hybridized carbons (Fsp3) is 0.467. The first-order valence-electron chi connectivity index (χ1n) is 6.62. The number of carbonyl (C=O) groups is 2. The van der Waals surface area contributed by atoms with Gasteiger partial charge in [-0.15, -0.1) is 0 Å². The Morgan fingerprint density at radius 2 is 1.90 bits per heavy atom. The molecule has 20 heavy (non-hydrogen) atoms. The molecule has 0 aromatic heterocycles. The highest BCUT2D eigenvalue weighted by atomic mass is 16.5. The molecule has 1 aromatic rings. The molecule has 0 heterocycles. The highest BCUT2D eigenvalue weighted by molar-refractivity contribution is 5.82. The van der Waals surface area contributed by atoms with E-state index >= 15 is 0 Å². The molecule has 1 aromatic carbocycles. The lowest BCUT2D eigenvalue weighted by molar-refractivity contribution is -0.143. The van der Waals surface area contributed by atoms with Gasteiger partial charge in [-0.3, -0.25) is 9.59 Å². The van der Waals surface area contributed by atoms with Crippen molar-refractivity contribution in [2.75, 3.05) is 7.11 Å². The van der Waals surface area contributed by atoms with Crippen LogP contribution in [0, 0.1) is 5.92 Å². The second-order valence-corrected chi connectivity index (χ2v) is 4.66. The molecule has 0 spiro atoms. The lowest BCUT2D eigenvalue weighted by Crippen LogP contribution is -2.41. The SMILES string of the molecule is CCC(OC)C(=O)NC(c1ccccc1)C(C)C(=O)O. The number of ether oxygens (including phenoxy) is 1. The van der Waals surface area contributed by atoms with Crippen molar-refractivity contribution in [1.82, 2.24) is 5.32 Å². The molecule has 2 N–H and O–H groups in total. The van der Waals surface area contributed by atoms with Crippen molar-refractivity contribution in [2.45, 2.75) is 32.4 Å². The Balaban J connectivity index is 2.95. The standard InChI is InChI=1S/C15H21NO4/c1-4-12(20-3)14(17)16-13(10(2)15(18)19)11-8-6-5-7-9-11/h5-10,12-13H,4H2,1-3H3,(H,16,17)(H,18,19). The molecule has 3 unspecified atom stereocenters. The Hall–Kier alpha value is -1.88. The van der Waals surface area contributed by atoms with Crippen LogP contribution >= 0.6 is 0 Å². The molecular weight excluding hydrogens is 258 g/mol. The van der Waals surface area contributed by atoms with E-state index in [-0.39, 0.29) is 5.91 Å². The third-order valence-electron chi connectivity index (χ3n) is 3.29. The fourth-order valence-electron chi connectivity index (χ4n) is 2.01. The molecule has 0 aliphatic carbocycles. The molecule has 0 saturated carbocycles. The molecule has 110 valence electrons. The average Bonchev–Trinajstić information content (AvgIpc) is 2.46. The summed E-state index contributed by atoms with van der Waals surface area (Å²) in [5.74, 6) is -1.97. The van der Waals surface area contributed by atoms with Crippen molar-refractivity contribution in [1.29, 1.82) is 0 Å². The van der Waals surface area contributed by atoms with Crippen LogP contribution in [0.2, 0.25) is 0 Å². The zero-order valence-electron chi connectivity index (χ0n) is 12.0. The van der Waals surface area contributed by atoms with Gasteiger partial charge in [-0.2, -0.15) is 0 Å². The van der Waals surface area contributed by atoms with Crippen LogP contribution in [-0.2, 0) is 14.3 Å². The van der Waals surface area contributed by atoms with Gasteiger partial charge in [0.05, 0.1) is 12.0 Å². The number of carboxylic acids is 1. The maximum atomic E-state index is 12.1. The summed E-state index contributed by atoms with van der Waals surface area (Å²) in [6, 6.07) is 8.51. The molecule has 1 rings (SSSR count). The molecule has 1 amide bonds. The molecule has 5 nitrogen and oxygen atoms in total. The zero-order valence-corrected chi connectivity index (χ0v) is 12.0. The Kier molecular flexibility index (Phi) is 6.18. The number of hydrogen-bond donors (Lipinski definition) is 2. The van der Waals surface area contributed by atoms with Gasteiger partial charge in [0.1, 0.15) is 6.10 Å². The molecule has 0 radical (unpaired) electrons. The van der Waals surface area contributed by atoms with Gasteiger partial charge in [-0.05, 0) is 18.9 Å². The van der Waals surface area contributed by atoms with Crippen molar-refractivity contribution in [2.24, 2.45) is 5.92 Å². The first-order valence-corrected chi connectivity index (χ1v) is 6.62. The Bertz CT molecular complexity index is 442. The highest BCUT2D eigenvalue weighted by Gasteiger charge is 2.28. The predicted octanol–water partition coefficient (Wildman–Crippen LogP) is 1.99. The van der Waals surface area contributed by atoms with Gasteiger partial charge >= 0.3 is 5.97 Å². The minimum absolute atomic E-state index is 0.294. The number of methoxy groups -OCH3 is 1. The van der Waals surface area contributed by atoms with Crippen molar-refractivity contribution in [3.05, 3.63) is 35.9 Å². The topological polar surface area (TPSA) is 75.6 Å². The number of amides is 1. The lowest BCUT2D eigenvalue weighted by Gasteiger charge is -2.25. The van der Waals surface area contributed by atoms with E-state index in [0.717, 1.165) is 5.56 Å². The van der Waals surface area contributed by atoms with Crippen LogP contribution in [0.25, 0.3) is 0 Å². The van der Waals surface area contributed by atoms with Gasteiger partial charge in [0.25, 0.3) is 0 Å². The van der Waals surface area contributed by atoms with Crippen LogP contribution in [0.5, 0.6) is 0 Å². The minimum atomic E-state index is -0.954. The molecule has 0 aliphatic heterocycles. The van der Waals surface area contributed by atoms with Crippen molar-refractivity contribution in [3.8, 4) is 0 Å². The third-order valence-corrected chi connectivity index (χ3v) is 3.29. The quantitative estimate of drug-likeness (QED) is 0.800. The summed E-state index contributed by atoms with van der Waals surface area (Å²) in [6.07, 6.45) is -0.0344. The number of carboxylic acid groups (broad SMARTS) is 1. The van der Waals surface area contributed by atoms with Crippen LogP contribution < -0.4 is 5.32 Å². The average molecular weight is 279 g/mol. The highest BCUT2D eigenvalue weighted by Crippen LogP contribution is 2.22. The van der Waals surface area contributed by atoms with E-state index in [1.54, 1.807) is 19.1 Å². The second kappa shape index (κ2) is 7.65. The van der Waals surface area contributed by atoms with E-state index < -0.39 is 24.0 Å². The Morgan fingerprint density at radius 3 is 2.35 bits per heavy atom. The molecule has 0 aliphatic rings. The number of benzene rings is 1. The van der Waals surface area contributed by atoms with E-state index in [1.165, 1.54) is 7.11 Å². The number of carbonyl (C=O) groups excluding carboxylic acids is 1. The van der Waals surface area contributed by atoms with Crippen LogP contribution in [-0.4, -0.2) is 30.2 Å². The summed E-state index contributed by atoms with van der Waals surface area (Å²) in [5.41, 5.74) is 0.765. The normalized spacial score (nSPS) is 15.2. The number of aliphatic carboxylic acids is 1. The molecule has 0 saturated heterocycles. The molecule has 0 fully saturated rings. The molecule has 0 bridgehead atoms. The summed E-state index contributed by atoms with van der Waals surface area (Å²) in [5, 5.41) is 12.0. The van der Waals surface area contributed by atoms with E-state index in [0.29, 0.717) is 6.42 Å². The molecular formula is C15H21NO4. The van der Waals surface area contributed by atoms with Gasteiger partial charge in [0.15, 0.2) is 0 Å². The second-order valence-electron chi connectivity index (χ2n) is 4.66. The summed E-state index contributed by atoms with van der Waals surface area (Å²) < 4.78 is 5.08. The summed E-state index contributed by atoms with van der Waals surface area (Å²) in [4.78, 5) is 23.3. The van der Waals surface area contributed by atoms with Crippen LogP contribution in [0.15, 0.2) is 30.3 Å². The first kappa shape index (κ1) is 16.2. The van der Waals surface area contributed by atoms with Gasteiger partial charge in [-0.25, -0.2) is 0 Å². The Morgan fingerprint density at radius 1 is 1.30 bits per heavy atom. The summed E-state index contributed by atoms with van der Waals surface area (Å²) in [6.45, 7) is 3.42. The monoisotopic (exact) mass is 279 g/mol. The van der Waals surface area contributed by atoms with Gasteiger partial charge < -0.3 is 15.2 Å². The first-order chi connectivity index (χ1) is 9.51. The van der Waals surface area contributed by atoms with Crippen LogP contribution in [0.1, 0.15) is 31.9 Å². The number of nitrogens with one attached hydrogen (secondary N) is 1. The van der Waals surface area contributed by atoms with E-state index in [9.17, 15) is 14.7 Å². The summed E-state index contributed by atoms with van der Waals surface area (Å²) >= 11 is 0. The van der Waals surface area contributed by atoms with E-state index in [1.807, 2.05) is 25.1 Å². The predicted molar refractivity (Wildman–Crippen MR) is 75.2 cm³/mol. The van der Waals surface area contributed by atoms with Crippen LogP contribution in [0.4, 0.5) is 0 Å². The van der Waals surface area contributed by atoms with Gasteiger partial charge in [-0.1, -0.05) is 37.3 Å². The molecule has 3 atom stereocenters. The minimum Gasteiger partial charge on any atom is -0.481 e. The number of hydrogen-bond acceptors (Lipinski definition) is 3. The molecule has 5 heteroatoms. The van der Waals surface area contributed by atoms with Crippen LogP contribution in [0.3, 0.4) is 0 Å². The fourth-order valence-corrected chi connectivity index (χ4v) is 2.01. The third kappa shape index (κ3) is 4.06. The zero-order chi connectivity index (χ0) is 15.1. The lowest BCUT2D eigenvalue weighted by atomic mass is 9.94. The number of rotatable bonds is 7. The largest absolute Gasteiger partial charge is 0.481 e. The van der Waals surface area contributed by atoms with E-state index in [4.69, 9.17) is 4.74 Å². The maximum absolute atomic E-state index is 12.1. The van der Waals surface area contributed by atoms with Crippen molar-refractivity contribution < 1.29 is 19.4 Å².